The van der Waals surface area contributed by atoms with Crippen molar-refractivity contribution in [3.8, 4) is 22.5 Å². The SMILES string of the molecule is CS(=O)(=O)Nc1ccc(-c2cc(N3CCOCC3)nc3c(-c4ccn[nH]4)nccc23)cc1. The van der Waals surface area contributed by atoms with Crippen molar-refractivity contribution in [3.63, 3.8) is 0 Å². The van der Waals surface area contributed by atoms with Crippen molar-refractivity contribution in [2.75, 3.05) is 42.2 Å². The maximum absolute atomic E-state index is 11.5. The minimum Gasteiger partial charge on any atom is -0.378 e. The van der Waals surface area contributed by atoms with Gasteiger partial charge in [-0.15, -0.1) is 0 Å². The summed E-state index contributed by atoms with van der Waals surface area (Å²) >= 11 is 0. The molecule has 5 rings (SSSR count). The van der Waals surface area contributed by atoms with Crippen LogP contribution >= 0.6 is 0 Å². The lowest BCUT2D eigenvalue weighted by Gasteiger charge is -2.28. The van der Waals surface area contributed by atoms with Gasteiger partial charge in [0.2, 0.25) is 10.0 Å². The highest BCUT2D eigenvalue weighted by atomic mass is 32.2. The predicted octanol–water partition coefficient (Wildman–Crippen LogP) is 2.90. The number of rotatable bonds is 5. The van der Waals surface area contributed by atoms with E-state index in [0.29, 0.717) is 18.9 Å². The number of nitrogens with one attached hydrogen (secondary N) is 2. The second-order valence-electron chi connectivity index (χ2n) is 7.61. The predicted molar refractivity (Wildman–Crippen MR) is 124 cm³/mol. The minimum absolute atomic E-state index is 0.517. The first-order valence-electron chi connectivity index (χ1n) is 10.2. The summed E-state index contributed by atoms with van der Waals surface area (Å²) in [5.41, 5.74) is 4.75. The fourth-order valence-corrected chi connectivity index (χ4v) is 4.41. The second kappa shape index (κ2) is 8.21. The number of aromatic nitrogens is 4. The molecule has 4 heterocycles. The van der Waals surface area contributed by atoms with Crippen molar-refractivity contribution in [1.29, 1.82) is 0 Å². The lowest BCUT2D eigenvalue weighted by atomic mass is 10.00. The van der Waals surface area contributed by atoms with Crippen LogP contribution in [0.2, 0.25) is 0 Å². The Bertz CT molecular complexity index is 1350. The highest BCUT2D eigenvalue weighted by molar-refractivity contribution is 7.92. The van der Waals surface area contributed by atoms with Crippen molar-refractivity contribution >= 4 is 32.4 Å². The van der Waals surface area contributed by atoms with Crippen molar-refractivity contribution in [2.24, 2.45) is 0 Å². The van der Waals surface area contributed by atoms with E-state index in [2.05, 4.69) is 30.9 Å². The van der Waals surface area contributed by atoms with E-state index in [1.807, 2.05) is 24.3 Å². The van der Waals surface area contributed by atoms with Gasteiger partial charge in [0.25, 0.3) is 0 Å². The Kier molecular flexibility index (Phi) is 5.24. The molecule has 32 heavy (non-hydrogen) atoms. The first-order chi connectivity index (χ1) is 15.5. The van der Waals surface area contributed by atoms with Crippen LogP contribution in [0, 0.1) is 0 Å². The maximum atomic E-state index is 11.5. The molecular formula is C22H22N6O3S. The Morgan fingerprint density at radius 2 is 1.84 bits per heavy atom. The molecule has 1 aliphatic heterocycles. The quantitative estimate of drug-likeness (QED) is 0.481. The van der Waals surface area contributed by atoms with Gasteiger partial charge in [-0.1, -0.05) is 12.1 Å². The number of sulfonamides is 1. The highest BCUT2D eigenvalue weighted by Crippen LogP contribution is 2.35. The van der Waals surface area contributed by atoms with E-state index >= 15 is 0 Å². The normalized spacial score (nSPS) is 14.6. The average molecular weight is 451 g/mol. The summed E-state index contributed by atoms with van der Waals surface area (Å²) in [6, 6.07) is 13.2. The molecule has 10 heteroatoms. The standard InChI is InChI=1S/C22H22N6O3S/c1-32(29,30)27-16-4-2-15(3-5-16)18-14-20(28-10-12-31-13-11-28)25-21-17(18)6-8-23-22(21)19-7-9-24-26-19/h2-9,14,27H,10-13H2,1H3,(H,24,26). The van der Waals surface area contributed by atoms with Crippen LogP contribution in [0.5, 0.6) is 0 Å². The number of nitrogens with zero attached hydrogens (tertiary/aromatic N) is 4. The minimum atomic E-state index is -3.34. The Balaban J connectivity index is 1.67. The van der Waals surface area contributed by atoms with Gasteiger partial charge >= 0.3 is 0 Å². The second-order valence-corrected chi connectivity index (χ2v) is 9.35. The van der Waals surface area contributed by atoms with Crippen LogP contribution in [0.4, 0.5) is 11.5 Å². The van der Waals surface area contributed by atoms with Crippen LogP contribution in [-0.2, 0) is 14.8 Å². The molecule has 0 saturated carbocycles. The van der Waals surface area contributed by atoms with E-state index in [1.165, 1.54) is 0 Å². The molecular weight excluding hydrogens is 428 g/mol. The third-order valence-corrected chi connectivity index (χ3v) is 5.91. The molecule has 1 aromatic carbocycles. The van der Waals surface area contributed by atoms with E-state index in [4.69, 9.17) is 9.72 Å². The van der Waals surface area contributed by atoms with Gasteiger partial charge in [0.15, 0.2) is 0 Å². The first kappa shape index (κ1) is 20.4. The van der Waals surface area contributed by atoms with Gasteiger partial charge in [0.05, 0.1) is 25.2 Å². The molecule has 0 spiro atoms. The molecule has 164 valence electrons. The molecule has 0 unspecified atom stereocenters. The van der Waals surface area contributed by atoms with Gasteiger partial charge in [-0.05, 0) is 41.5 Å². The Morgan fingerprint density at radius 3 is 2.53 bits per heavy atom. The van der Waals surface area contributed by atoms with Gasteiger partial charge in [-0.25, -0.2) is 13.4 Å². The van der Waals surface area contributed by atoms with E-state index < -0.39 is 10.0 Å². The number of morpholine rings is 1. The van der Waals surface area contributed by atoms with Crippen LogP contribution in [-0.4, -0.2) is 61.1 Å². The molecule has 0 radical (unpaired) electrons. The number of hydrogen-bond donors (Lipinski definition) is 2. The largest absolute Gasteiger partial charge is 0.378 e. The summed E-state index contributed by atoms with van der Waals surface area (Å²) in [7, 11) is -3.34. The molecule has 1 saturated heterocycles. The van der Waals surface area contributed by atoms with Crippen molar-refractivity contribution in [1.82, 2.24) is 20.2 Å². The van der Waals surface area contributed by atoms with Gasteiger partial charge < -0.3 is 9.64 Å². The molecule has 0 amide bonds. The summed E-state index contributed by atoms with van der Waals surface area (Å²) in [4.78, 5) is 11.8. The number of pyridine rings is 2. The van der Waals surface area contributed by atoms with Gasteiger partial charge in [0.1, 0.15) is 17.0 Å². The number of fused-ring (bicyclic) bond motifs is 1. The van der Waals surface area contributed by atoms with E-state index in [-0.39, 0.29) is 0 Å². The Labute approximate surface area is 185 Å². The number of ether oxygens (including phenoxy) is 1. The summed E-state index contributed by atoms with van der Waals surface area (Å²) < 4.78 is 31.1. The fraction of sp³-hybridized carbons (Fsp3) is 0.227. The van der Waals surface area contributed by atoms with Gasteiger partial charge in [-0.3, -0.25) is 14.8 Å². The molecule has 1 aliphatic rings. The lowest BCUT2D eigenvalue weighted by molar-refractivity contribution is 0.122. The van der Waals surface area contributed by atoms with Crippen molar-refractivity contribution < 1.29 is 13.2 Å². The molecule has 4 aromatic rings. The molecule has 2 N–H and O–H groups in total. The van der Waals surface area contributed by atoms with E-state index in [0.717, 1.165) is 58.6 Å². The summed E-state index contributed by atoms with van der Waals surface area (Å²) in [5, 5.41) is 7.99. The Morgan fingerprint density at radius 1 is 1.06 bits per heavy atom. The van der Waals surface area contributed by atoms with Crippen LogP contribution < -0.4 is 9.62 Å². The monoisotopic (exact) mass is 450 g/mol. The van der Waals surface area contributed by atoms with E-state index in [1.54, 1.807) is 24.5 Å². The summed E-state index contributed by atoms with van der Waals surface area (Å²) in [6.45, 7) is 2.83. The zero-order chi connectivity index (χ0) is 22.1. The smallest absolute Gasteiger partial charge is 0.229 e. The van der Waals surface area contributed by atoms with Crippen LogP contribution in [0.25, 0.3) is 33.4 Å². The number of benzene rings is 1. The third kappa shape index (κ3) is 4.14. The van der Waals surface area contributed by atoms with Crippen molar-refractivity contribution in [3.05, 3.63) is 54.9 Å². The van der Waals surface area contributed by atoms with Crippen molar-refractivity contribution in [2.45, 2.75) is 0 Å². The maximum Gasteiger partial charge on any atom is 0.229 e. The van der Waals surface area contributed by atoms with E-state index in [9.17, 15) is 8.42 Å². The fourth-order valence-electron chi connectivity index (χ4n) is 3.85. The number of H-pyrrole nitrogens is 1. The van der Waals surface area contributed by atoms with Crippen LogP contribution in [0.1, 0.15) is 0 Å². The first-order valence-corrected chi connectivity index (χ1v) is 12.1. The van der Waals surface area contributed by atoms with Gasteiger partial charge in [0, 0.05) is 36.6 Å². The Hall–Kier alpha value is -3.50. The average Bonchev–Trinajstić information content (AvgIpc) is 3.33. The molecule has 9 nitrogen and oxygen atoms in total. The zero-order valence-electron chi connectivity index (χ0n) is 17.4. The summed E-state index contributed by atoms with van der Waals surface area (Å²) in [5.74, 6) is 0.850. The third-order valence-electron chi connectivity index (χ3n) is 5.30. The zero-order valence-corrected chi connectivity index (χ0v) is 18.3. The molecule has 1 fully saturated rings. The topological polar surface area (TPSA) is 113 Å². The highest BCUT2D eigenvalue weighted by Gasteiger charge is 2.19. The number of aromatic amines is 1. The number of hydrogen-bond acceptors (Lipinski definition) is 7. The van der Waals surface area contributed by atoms with Gasteiger partial charge in [-0.2, -0.15) is 5.10 Å². The van der Waals surface area contributed by atoms with Crippen LogP contribution in [0.3, 0.4) is 0 Å². The molecule has 3 aromatic heterocycles. The van der Waals surface area contributed by atoms with Crippen LogP contribution in [0.15, 0.2) is 54.9 Å². The molecule has 0 aliphatic carbocycles. The molecule has 0 atom stereocenters. The molecule has 0 bridgehead atoms. The summed E-state index contributed by atoms with van der Waals surface area (Å²) in [6.07, 6.45) is 4.59. The lowest BCUT2D eigenvalue weighted by Crippen LogP contribution is -2.36. The number of anilines is 2.